The summed E-state index contributed by atoms with van der Waals surface area (Å²) in [7, 11) is 6.29. The molecule has 0 heterocycles. The minimum absolute atomic E-state index is 0.226. The maximum Gasteiger partial charge on any atom is 0.258 e. The Kier molecular flexibility index (Phi) is 17.1. The van der Waals surface area contributed by atoms with Gasteiger partial charge >= 0.3 is 0 Å². The predicted molar refractivity (Wildman–Crippen MR) is 191 cm³/mol. The number of methoxy groups -OCH3 is 4. The Morgan fingerprint density at radius 2 is 0.885 bits per heavy atom. The molecule has 4 unspecified atom stereocenters. The topological polar surface area (TPSA) is 197 Å². The van der Waals surface area contributed by atoms with Crippen LogP contribution in [0.25, 0.3) is 0 Å². The van der Waals surface area contributed by atoms with Crippen LogP contribution in [0.2, 0.25) is 0 Å². The van der Waals surface area contributed by atoms with Crippen molar-refractivity contribution < 1.29 is 47.6 Å². The maximum atomic E-state index is 12.9. The highest BCUT2D eigenvalue weighted by atomic mass is 16.6. The van der Waals surface area contributed by atoms with Crippen molar-refractivity contribution in [1.82, 2.24) is 0 Å². The molecule has 0 aliphatic rings. The number of Topliss-reactive ketones (excluding diaryl/α,β-unsaturated/α-hetero) is 2. The van der Waals surface area contributed by atoms with E-state index in [4.69, 9.17) is 28.4 Å². The van der Waals surface area contributed by atoms with Gasteiger partial charge in [-0.1, -0.05) is 0 Å². The van der Waals surface area contributed by atoms with Crippen molar-refractivity contribution in [2.24, 2.45) is 20.5 Å². The summed E-state index contributed by atoms with van der Waals surface area (Å²) < 4.78 is 32.1. The Morgan fingerprint density at radius 3 is 1.17 bits per heavy atom. The fraction of sp³-hybridized carbons (Fsp3) is 0.389. The summed E-state index contributed by atoms with van der Waals surface area (Å²) in [4.78, 5) is 50.3. The lowest BCUT2D eigenvalue weighted by molar-refractivity contribution is -0.127. The van der Waals surface area contributed by atoms with E-state index in [0.717, 1.165) is 0 Å². The molecule has 0 saturated heterocycles. The summed E-state index contributed by atoms with van der Waals surface area (Å²) in [5, 5.41) is 21.2. The van der Waals surface area contributed by atoms with Crippen LogP contribution >= 0.6 is 0 Å². The molecule has 4 atom stereocenters. The third-order valence-electron chi connectivity index (χ3n) is 7.18. The van der Waals surface area contributed by atoms with E-state index in [2.05, 4.69) is 31.1 Å². The van der Waals surface area contributed by atoms with Crippen molar-refractivity contribution in [3.63, 3.8) is 0 Å². The molecule has 3 rings (SSSR count). The summed E-state index contributed by atoms with van der Waals surface area (Å²) in [5.74, 6) is -1.27. The number of ether oxygens (including phenoxy) is 6. The number of carbonyl (C=O) groups is 4. The van der Waals surface area contributed by atoms with Crippen molar-refractivity contribution in [1.29, 1.82) is 0 Å². The summed E-state index contributed by atoms with van der Waals surface area (Å²) in [6, 6.07) is 16.5. The normalized spacial score (nSPS) is 13.7. The molecule has 0 fully saturated rings. The number of benzene rings is 3. The molecule has 16 heteroatoms. The molecule has 0 saturated carbocycles. The third-order valence-corrected chi connectivity index (χ3v) is 7.18. The monoisotopic (exact) mass is 720 g/mol. The Bertz CT molecular complexity index is 1530. The minimum Gasteiger partial charge on any atom is -0.491 e. The van der Waals surface area contributed by atoms with Crippen LogP contribution in [0.1, 0.15) is 13.8 Å². The summed E-state index contributed by atoms with van der Waals surface area (Å²) in [5.41, 5.74) is 1.49. The number of nitrogens with one attached hydrogen (secondary N) is 2. The van der Waals surface area contributed by atoms with Crippen molar-refractivity contribution in [3.8, 4) is 11.5 Å². The first kappa shape index (κ1) is 41.0. The molecular weight excluding hydrogens is 676 g/mol. The molecular formula is C36H44N6O10. The molecule has 3 aromatic carbocycles. The Balaban J connectivity index is 1.55. The first-order valence-electron chi connectivity index (χ1n) is 16.1. The van der Waals surface area contributed by atoms with Crippen molar-refractivity contribution >= 4 is 46.1 Å². The second-order valence-electron chi connectivity index (χ2n) is 11.2. The zero-order valence-corrected chi connectivity index (χ0v) is 29.9. The lowest BCUT2D eigenvalue weighted by Crippen LogP contribution is -2.32. The standard InChI is InChI=1S/C36H44N6O10/c1-23(43)33(41-39-27-11-15-29(16-12-27)51-21-31(49-5)19-47-3)35(45)37-25-7-9-26(10-8-25)38-36(46)34(24(2)44)42-40-28-13-17-30(18-14-28)52-22-32(50-6)20-48-4/h7-18,31-34H,19-22H2,1-6H3,(H,37,45)(H,38,46)/b41-39+,42-40+. The summed E-state index contributed by atoms with van der Waals surface area (Å²) in [6.07, 6.45) is -0.453. The van der Waals surface area contributed by atoms with Gasteiger partial charge in [-0.2, -0.15) is 20.5 Å². The second-order valence-corrected chi connectivity index (χ2v) is 11.2. The lowest BCUT2D eigenvalue weighted by Gasteiger charge is -2.15. The first-order valence-corrected chi connectivity index (χ1v) is 16.1. The number of nitrogens with zero attached hydrogens (tertiary/aromatic N) is 4. The van der Waals surface area contributed by atoms with Crippen LogP contribution in [0.4, 0.5) is 22.7 Å². The van der Waals surface area contributed by atoms with Gasteiger partial charge < -0.3 is 39.1 Å². The van der Waals surface area contributed by atoms with Gasteiger partial charge in [-0.05, 0) is 86.6 Å². The number of hydrogen-bond acceptors (Lipinski definition) is 14. The molecule has 52 heavy (non-hydrogen) atoms. The number of azo groups is 2. The van der Waals surface area contributed by atoms with E-state index in [1.54, 1.807) is 77.0 Å². The van der Waals surface area contributed by atoms with E-state index in [-0.39, 0.29) is 25.4 Å². The maximum absolute atomic E-state index is 12.9. The van der Waals surface area contributed by atoms with Gasteiger partial charge in [-0.3, -0.25) is 19.2 Å². The van der Waals surface area contributed by atoms with Gasteiger partial charge in [0.15, 0.2) is 11.6 Å². The SMILES string of the molecule is COCC(COc1ccc(/N=N/C(C(C)=O)C(=O)Nc2ccc(NC(=O)C(/N=N/c3ccc(OCC(COC)OC)cc3)C(C)=O)cc2)cc1)OC. The van der Waals surface area contributed by atoms with Gasteiger partial charge in [0.25, 0.3) is 11.8 Å². The van der Waals surface area contributed by atoms with E-state index in [1.807, 2.05) is 0 Å². The molecule has 0 aromatic heterocycles. The van der Waals surface area contributed by atoms with Gasteiger partial charge in [-0.25, -0.2) is 0 Å². The van der Waals surface area contributed by atoms with Crippen LogP contribution in [-0.4, -0.2) is 103 Å². The van der Waals surface area contributed by atoms with Crippen LogP contribution in [0.15, 0.2) is 93.3 Å². The minimum atomic E-state index is -1.40. The van der Waals surface area contributed by atoms with E-state index in [9.17, 15) is 19.2 Å². The molecule has 2 N–H and O–H groups in total. The molecule has 0 aliphatic heterocycles. The molecule has 2 amide bonds. The third kappa shape index (κ3) is 13.7. The van der Waals surface area contributed by atoms with Crippen molar-refractivity contribution in [2.75, 3.05) is 65.5 Å². The van der Waals surface area contributed by atoms with Crippen LogP contribution in [-0.2, 0) is 38.1 Å². The number of anilines is 2. The molecule has 0 bridgehead atoms. The molecule has 0 radical (unpaired) electrons. The van der Waals surface area contributed by atoms with Crippen LogP contribution in [0.3, 0.4) is 0 Å². The lowest BCUT2D eigenvalue weighted by atomic mass is 10.2. The second kappa shape index (κ2) is 21.7. The quantitative estimate of drug-likeness (QED) is 0.104. The van der Waals surface area contributed by atoms with Crippen molar-refractivity contribution in [3.05, 3.63) is 72.8 Å². The Labute approximate surface area is 301 Å². The number of hydrogen-bond donors (Lipinski definition) is 2. The fourth-order valence-corrected chi connectivity index (χ4v) is 4.28. The van der Waals surface area contributed by atoms with Gasteiger partial charge in [-0.15, -0.1) is 0 Å². The van der Waals surface area contributed by atoms with Gasteiger partial charge in [0, 0.05) is 39.8 Å². The highest BCUT2D eigenvalue weighted by Gasteiger charge is 2.25. The summed E-state index contributed by atoms with van der Waals surface area (Å²) >= 11 is 0. The van der Waals surface area contributed by atoms with Crippen LogP contribution in [0.5, 0.6) is 11.5 Å². The highest BCUT2D eigenvalue weighted by molar-refractivity contribution is 6.11. The molecule has 0 spiro atoms. The summed E-state index contributed by atoms with van der Waals surface area (Å²) in [6.45, 7) is 3.82. The van der Waals surface area contributed by atoms with Gasteiger partial charge in [0.05, 0.1) is 24.6 Å². The van der Waals surface area contributed by atoms with Gasteiger partial charge in [0.1, 0.15) is 36.9 Å². The Hall–Kier alpha value is -5.42. The largest absolute Gasteiger partial charge is 0.491 e. The van der Waals surface area contributed by atoms with E-state index >= 15 is 0 Å². The number of ketones is 2. The van der Waals surface area contributed by atoms with E-state index in [1.165, 1.54) is 38.1 Å². The first-order chi connectivity index (χ1) is 25.1. The number of carbonyl (C=O) groups excluding carboxylic acids is 4. The zero-order valence-electron chi connectivity index (χ0n) is 29.9. The van der Waals surface area contributed by atoms with Gasteiger partial charge in [0.2, 0.25) is 12.1 Å². The molecule has 0 aliphatic carbocycles. The average Bonchev–Trinajstić information content (AvgIpc) is 3.13. The zero-order chi connectivity index (χ0) is 37.9. The smallest absolute Gasteiger partial charge is 0.258 e. The number of rotatable bonds is 22. The number of amides is 2. The fourth-order valence-electron chi connectivity index (χ4n) is 4.28. The van der Waals surface area contributed by atoms with Crippen LogP contribution in [0, 0.1) is 0 Å². The Morgan fingerprint density at radius 1 is 0.538 bits per heavy atom. The average molecular weight is 721 g/mol. The molecule has 278 valence electrons. The van der Waals surface area contributed by atoms with E-state index in [0.29, 0.717) is 47.5 Å². The van der Waals surface area contributed by atoms with Crippen molar-refractivity contribution in [2.45, 2.75) is 38.1 Å². The van der Waals surface area contributed by atoms with Crippen LogP contribution < -0.4 is 20.1 Å². The molecule has 3 aromatic rings. The molecule has 16 nitrogen and oxygen atoms in total. The predicted octanol–water partition coefficient (Wildman–Crippen LogP) is 5.13. The van der Waals surface area contributed by atoms with E-state index < -0.39 is 35.5 Å². The highest BCUT2D eigenvalue weighted by Crippen LogP contribution is 2.22.